The molecule has 6 nitrogen and oxygen atoms in total. The Kier molecular flexibility index (Phi) is 3.75. The highest BCUT2D eigenvalue weighted by Gasteiger charge is 2.19. The first kappa shape index (κ1) is 10.4. The number of carboxylic acids is 1. The summed E-state index contributed by atoms with van der Waals surface area (Å²) in [5, 5.41) is 10.4. The van der Waals surface area contributed by atoms with Crippen molar-refractivity contribution >= 4 is 17.8 Å². The van der Waals surface area contributed by atoms with Crippen LogP contribution in [0.3, 0.4) is 0 Å². The minimum atomic E-state index is -1.24. The van der Waals surface area contributed by atoms with Crippen molar-refractivity contribution in [1.29, 1.82) is 0 Å². The highest BCUT2D eigenvalue weighted by Crippen LogP contribution is 1.92. The van der Waals surface area contributed by atoms with Crippen LogP contribution in [0.2, 0.25) is 0 Å². The summed E-state index contributed by atoms with van der Waals surface area (Å²) in [4.78, 5) is 31.2. The van der Waals surface area contributed by atoms with Gasteiger partial charge in [0.2, 0.25) is 11.8 Å². The van der Waals surface area contributed by atoms with Gasteiger partial charge in [-0.05, 0) is 6.92 Å². The fraction of sp³-hybridized carbons (Fsp3) is 0.500. The Balaban J connectivity index is 3.88. The smallest absolute Gasteiger partial charge is 0.315 e. The fourth-order valence-electron chi connectivity index (χ4n) is 0.439. The second kappa shape index (κ2) is 4.32. The summed E-state index contributed by atoms with van der Waals surface area (Å²) in [6.45, 7) is 0.884. The number of aliphatic carboxylic acids is 1. The van der Waals surface area contributed by atoms with E-state index < -0.39 is 23.7 Å². The molecule has 0 aromatic rings. The standard InChI is InChI=1S/C6H10N2O4/c1-3(6(11)12)5(10)8-2-4(7)9/h3H,2H2,1H3,(H2,7,9)(H,8,10)(H,11,12). The summed E-state index contributed by atoms with van der Waals surface area (Å²) < 4.78 is 0. The number of hydrogen-bond donors (Lipinski definition) is 3. The molecule has 0 saturated carbocycles. The van der Waals surface area contributed by atoms with E-state index >= 15 is 0 Å². The van der Waals surface area contributed by atoms with Gasteiger partial charge in [0.1, 0.15) is 5.92 Å². The van der Waals surface area contributed by atoms with Crippen LogP contribution in [0.4, 0.5) is 0 Å². The van der Waals surface area contributed by atoms with Crippen LogP contribution in [0.5, 0.6) is 0 Å². The molecule has 0 aliphatic rings. The summed E-state index contributed by atoms with van der Waals surface area (Å²) >= 11 is 0. The van der Waals surface area contributed by atoms with Crippen LogP contribution >= 0.6 is 0 Å². The first-order valence-corrected chi connectivity index (χ1v) is 3.24. The first-order valence-electron chi connectivity index (χ1n) is 3.24. The summed E-state index contributed by atoms with van der Waals surface area (Å²) in [7, 11) is 0. The Morgan fingerprint density at radius 3 is 2.33 bits per heavy atom. The normalized spacial score (nSPS) is 11.8. The van der Waals surface area contributed by atoms with E-state index in [2.05, 4.69) is 5.32 Å². The number of carboxylic acid groups (broad SMARTS) is 1. The lowest BCUT2D eigenvalue weighted by Crippen LogP contribution is -2.38. The Morgan fingerprint density at radius 2 is 2.00 bits per heavy atom. The molecule has 0 spiro atoms. The Labute approximate surface area is 68.7 Å². The van der Waals surface area contributed by atoms with E-state index in [1.54, 1.807) is 0 Å². The average Bonchev–Trinajstić information content (AvgIpc) is 1.98. The van der Waals surface area contributed by atoms with Crippen molar-refractivity contribution in [3.8, 4) is 0 Å². The van der Waals surface area contributed by atoms with E-state index in [-0.39, 0.29) is 6.54 Å². The lowest BCUT2D eigenvalue weighted by Gasteiger charge is -2.05. The van der Waals surface area contributed by atoms with Crippen molar-refractivity contribution in [2.24, 2.45) is 11.7 Å². The number of amides is 2. The number of nitrogens with two attached hydrogens (primary N) is 1. The van der Waals surface area contributed by atoms with Gasteiger partial charge in [-0.1, -0.05) is 0 Å². The van der Waals surface area contributed by atoms with Gasteiger partial charge in [-0.15, -0.1) is 0 Å². The molecule has 0 aliphatic carbocycles. The van der Waals surface area contributed by atoms with Crippen molar-refractivity contribution in [3.63, 3.8) is 0 Å². The molecule has 0 heterocycles. The molecular weight excluding hydrogens is 164 g/mol. The predicted octanol–water partition coefficient (Wildman–Crippen LogP) is -1.69. The second-order valence-electron chi connectivity index (χ2n) is 2.24. The number of primary amides is 1. The van der Waals surface area contributed by atoms with E-state index in [1.807, 2.05) is 0 Å². The van der Waals surface area contributed by atoms with Crippen molar-refractivity contribution in [3.05, 3.63) is 0 Å². The third-order valence-corrected chi connectivity index (χ3v) is 1.20. The van der Waals surface area contributed by atoms with E-state index in [0.717, 1.165) is 0 Å². The van der Waals surface area contributed by atoms with Gasteiger partial charge in [0.05, 0.1) is 6.54 Å². The van der Waals surface area contributed by atoms with Crippen LogP contribution in [-0.4, -0.2) is 29.4 Å². The van der Waals surface area contributed by atoms with Gasteiger partial charge in [-0.2, -0.15) is 0 Å². The lowest BCUT2D eigenvalue weighted by atomic mass is 10.2. The van der Waals surface area contributed by atoms with E-state index in [9.17, 15) is 14.4 Å². The summed E-state index contributed by atoms with van der Waals surface area (Å²) in [5.41, 5.74) is 4.72. The Bertz CT molecular complexity index is 214. The van der Waals surface area contributed by atoms with Crippen molar-refractivity contribution in [1.82, 2.24) is 5.32 Å². The van der Waals surface area contributed by atoms with Crippen LogP contribution in [-0.2, 0) is 14.4 Å². The molecule has 0 bridgehead atoms. The zero-order chi connectivity index (χ0) is 9.72. The maximum absolute atomic E-state index is 10.8. The second-order valence-corrected chi connectivity index (χ2v) is 2.24. The number of carbonyl (C=O) groups excluding carboxylic acids is 2. The molecule has 0 aliphatic heterocycles. The topological polar surface area (TPSA) is 109 Å². The van der Waals surface area contributed by atoms with E-state index in [0.29, 0.717) is 0 Å². The van der Waals surface area contributed by atoms with Gasteiger partial charge in [-0.25, -0.2) is 0 Å². The molecule has 0 saturated heterocycles. The van der Waals surface area contributed by atoms with E-state index in [4.69, 9.17) is 10.8 Å². The van der Waals surface area contributed by atoms with Crippen molar-refractivity contribution < 1.29 is 19.5 Å². The lowest BCUT2D eigenvalue weighted by molar-refractivity contribution is -0.146. The molecule has 12 heavy (non-hydrogen) atoms. The number of rotatable bonds is 4. The molecule has 1 atom stereocenters. The van der Waals surface area contributed by atoms with Crippen LogP contribution in [0.1, 0.15) is 6.92 Å². The Hall–Kier alpha value is -1.59. The summed E-state index contributed by atoms with van der Waals surface area (Å²) in [6, 6.07) is 0. The molecule has 0 aromatic carbocycles. The third-order valence-electron chi connectivity index (χ3n) is 1.20. The quantitative estimate of drug-likeness (QED) is 0.441. The minimum absolute atomic E-state index is 0.337. The maximum atomic E-state index is 10.8. The van der Waals surface area contributed by atoms with Gasteiger partial charge in [-0.3, -0.25) is 14.4 Å². The highest BCUT2D eigenvalue weighted by molar-refractivity contribution is 5.97. The molecule has 0 rings (SSSR count). The zero-order valence-corrected chi connectivity index (χ0v) is 6.53. The molecule has 1 unspecified atom stereocenters. The zero-order valence-electron chi connectivity index (χ0n) is 6.53. The third kappa shape index (κ3) is 3.55. The predicted molar refractivity (Wildman–Crippen MR) is 39.0 cm³/mol. The molecule has 4 N–H and O–H groups in total. The molecule has 6 heteroatoms. The first-order chi connectivity index (χ1) is 5.45. The fourth-order valence-corrected chi connectivity index (χ4v) is 0.439. The summed E-state index contributed by atoms with van der Waals surface area (Å²) in [5.74, 6) is -3.83. The van der Waals surface area contributed by atoms with Gasteiger partial charge in [0, 0.05) is 0 Å². The van der Waals surface area contributed by atoms with E-state index in [1.165, 1.54) is 6.92 Å². The average molecular weight is 174 g/mol. The molecule has 0 radical (unpaired) electrons. The maximum Gasteiger partial charge on any atom is 0.315 e. The summed E-state index contributed by atoms with van der Waals surface area (Å²) in [6.07, 6.45) is 0. The van der Waals surface area contributed by atoms with Gasteiger partial charge in [0.15, 0.2) is 0 Å². The highest BCUT2D eigenvalue weighted by atomic mass is 16.4. The minimum Gasteiger partial charge on any atom is -0.481 e. The molecule has 0 aromatic heterocycles. The van der Waals surface area contributed by atoms with Crippen LogP contribution in [0.15, 0.2) is 0 Å². The Morgan fingerprint density at radius 1 is 1.50 bits per heavy atom. The van der Waals surface area contributed by atoms with Crippen LogP contribution in [0, 0.1) is 5.92 Å². The van der Waals surface area contributed by atoms with Crippen molar-refractivity contribution in [2.45, 2.75) is 6.92 Å². The van der Waals surface area contributed by atoms with Gasteiger partial charge in [0.25, 0.3) is 0 Å². The van der Waals surface area contributed by atoms with Gasteiger partial charge < -0.3 is 16.2 Å². The molecule has 68 valence electrons. The molecule has 0 fully saturated rings. The molecular formula is C6H10N2O4. The largest absolute Gasteiger partial charge is 0.481 e. The van der Waals surface area contributed by atoms with Crippen LogP contribution < -0.4 is 11.1 Å². The van der Waals surface area contributed by atoms with Crippen molar-refractivity contribution in [2.75, 3.05) is 6.54 Å². The number of hydrogen-bond acceptors (Lipinski definition) is 3. The SMILES string of the molecule is CC(C(=O)O)C(=O)NCC(N)=O. The molecule has 2 amide bonds. The van der Waals surface area contributed by atoms with Crippen LogP contribution in [0.25, 0.3) is 0 Å². The van der Waals surface area contributed by atoms with Gasteiger partial charge >= 0.3 is 5.97 Å². The number of carbonyl (C=O) groups is 3. The monoisotopic (exact) mass is 174 g/mol. The number of nitrogens with one attached hydrogen (secondary N) is 1.